The minimum absolute atomic E-state index is 0.000517. The molecule has 0 saturated heterocycles. The van der Waals surface area contributed by atoms with E-state index in [1.807, 2.05) is 0 Å². The highest BCUT2D eigenvalue weighted by Crippen LogP contribution is 2.35. The highest BCUT2D eigenvalue weighted by atomic mass is 35.5. The summed E-state index contributed by atoms with van der Waals surface area (Å²) in [5.41, 5.74) is -0.140. The molecule has 0 aromatic heterocycles. The van der Waals surface area contributed by atoms with Crippen molar-refractivity contribution in [2.45, 2.75) is 0 Å². The van der Waals surface area contributed by atoms with E-state index in [1.165, 1.54) is 30.3 Å². The summed E-state index contributed by atoms with van der Waals surface area (Å²) in [4.78, 5) is 22.8. The zero-order valence-corrected chi connectivity index (χ0v) is 12.5. The molecule has 0 aliphatic rings. The van der Waals surface area contributed by atoms with Gasteiger partial charge in [-0.1, -0.05) is 35.3 Å². The maximum Gasteiger partial charge on any atom is 0.341 e. The standard InChI is InChI=1S/C15H9Cl2FO4/c16-13-9(15(21)8-3-1-2-4-10(8)18)5-6-11(14(13)17)22-7-12(19)20/h1-6H,7H2,(H,19,20). The van der Waals surface area contributed by atoms with E-state index in [9.17, 15) is 14.0 Å². The topological polar surface area (TPSA) is 63.6 Å². The summed E-state index contributed by atoms with van der Waals surface area (Å²) in [6.45, 7) is -0.601. The van der Waals surface area contributed by atoms with Crippen molar-refractivity contribution in [2.75, 3.05) is 6.61 Å². The predicted octanol–water partition coefficient (Wildman–Crippen LogP) is 3.83. The molecule has 0 spiro atoms. The Hall–Kier alpha value is -2.11. The van der Waals surface area contributed by atoms with Crippen LogP contribution in [-0.2, 0) is 4.79 Å². The van der Waals surface area contributed by atoms with Gasteiger partial charge >= 0.3 is 5.97 Å². The molecule has 0 aliphatic carbocycles. The number of carboxylic acid groups (broad SMARTS) is 1. The smallest absolute Gasteiger partial charge is 0.341 e. The molecular weight excluding hydrogens is 334 g/mol. The van der Waals surface area contributed by atoms with E-state index in [-0.39, 0.29) is 26.9 Å². The first-order valence-corrected chi connectivity index (χ1v) is 6.79. The average Bonchev–Trinajstić information content (AvgIpc) is 2.48. The van der Waals surface area contributed by atoms with Gasteiger partial charge in [-0.2, -0.15) is 0 Å². The second-order valence-electron chi connectivity index (χ2n) is 4.23. The average molecular weight is 343 g/mol. The predicted molar refractivity (Wildman–Crippen MR) is 79.4 cm³/mol. The van der Waals surface area contributed by atoms with Crippen molar-refractivity contribution in [3.63, 3.8) is 0 Å². The molecule has 0 radical (unpaired) electrons. The van der Waals surface area contributed by atoms with Gasteiger partial charge in [0.1, 0.15) is 16.6 Å². The number of rotatable bonds is 5. The van der Waals surface area contributed by atoms with Crippen LogP contribution in [0.15, 0.2) is 36.4 Å². The lowest BCUT2D eigenvalue weighted by Gasteiger charge is -2.10. The number of carbonyl (C=O) groups is 2. The van der Waals surface area contributed by atoms with Gasteiger partial charge in [0.25, 0.3) is 0 Å². The van der Waals surface area contributed by atoms with E-state index >= 15 is 0 Å². The first kappa shape index (κ1) is 16.3. The quantitative estimate of drug-likeness (QED) is 0.838. The van der Waals surface area contributed by atoms with Gasteiger partial charge in [0.2, 0.25) is 0 Å². The van der Waals surface area contributed by atoms with E-state index in [0.29, 0.717) is 0 Å². The molecular formula is C15H9Cl2FO4. The van der Waals surface area contributed by atoms with Crippen LogP contribution in [0, 0.1) is 5.82 Å². The van der Waals surface area contributed by atoms with Crippen molar-refractivity contribution in [2.24, 2.45) is 0 Å². The van der Waals surface area contributed by atoms with Crippen molar-refractivity contribution >= 4 is 35.0 Å². The van der Waals surface area contributed by atoms with E-state index in [2.05, 4.69) is 0 Å². The molecule has 7 heteroatoms. The summed E-state index contributed by atoms with van der Waals surface area (Å²) in [6, 6.07) is 8.09. The lowest BCUT2D eigenvalue weighted by atomic mass is 10.0. The van der Waals surface area contributed by atoms with Crippen LogP contribution in [0.4, 0.5) is 4.39 Å². The van der Waals surface area contributed by atoms with Gasteiger partial charge in [-0.15, -0.1) is 0 Å². The third-order valence-electron chi connectivity index (χ3n) is 2.76. The summed E-state index contributed by atoms with van der Waals surface area (Å²) in [5, 5.41) is 8.33. The minimum Gasteiger partial charge on any atom is -0.480 e. The fourth-order valence-electron chi connectivity index (χ4n) is 1.75. The number of aliphatic carboxylic acids is 1. The first-order chi connectivity index (χ1) is 10.4. The third kappa shape index (κ3) is 3.37. The second-order valence-corrected chi connectivity index (χ2v) is 4.99. The summed E-state index contributed by atoms with van der Waals surface area (Å²) in [6.07, 6.45) is 0. The molecule has 0 fully saturated rings. The monoisotopic (exact) mass is 342 g/mol. The van der Waals surface area contributed by atoms with Crippen LogP contribution >= 0.6 is 23.2 Å². The Labute approximate surface area is 135 Å². The first-order valence-electron chi connectivity index (χ1n) is 6.03. The van der Waals surface area contributed by atoms with Crippen LogP contribution in [0.2, 0.25) is 10.0 Å². The van der Waals surface area contributed by atoms with E-state index in [4.69, 9.17) is 33.0 Å². The van der Waals surface area contributed by atoms with Gasteiger partial charge in [-0.05, 0) is 24.3 Å². The maximum atomic E-state index is 13.7. The number of ether oxygens (including phenoxy) is 1. The number of carboxylic acids is 1. The lowest BCUT2D eigenvalue weighted by molar-refractivity contribution is -0.139. The Bertz CT molecular complexity index is 746. The fourth-order valence-corrected chi connectivity index (χ4v) is 2.21. The number of halogens is 3. The summed E-state index contributed by atoms with van der Waals surface area (Å²) < 4.78 is 18.6. The molecule has 0 bridgehead atoms. The molecule has 0 unspecified atom stereocenters. The molecule has 0 saturated carbocycles. The summed E-state index contributed by atoms with van der Waals surface area (Å²) in [5.74, 6) is -2.46. The Kier molecular flexibility index (Phi) is 5.00. The van der Waals surface area contributed by atoms with E-state index in [1.54, 1.807) is 0 Å². The highest BCUT2D eigenvalue weighted by Gasteiger charge is 2.20. The van der Waals surface area contributed by atoms with Gasteiger partial charge in [0.15, 0.2) is 12.4 Å². The lowest BCUT2D eigenvalue weighted by Crippen LogP contribution is -2.10. The molecule has 0 amide bonds. The molecule has 0 aliphatic heterocycles. The fraction of sp³-hybridized carbons (Fsp3) is 0.0667. The number of hydrogen-bond acceptors (Lipinski definition) is 3. The maximum absolute atomic E-state index is 13.7. The van der Waals surface area contributed by atoms with Crippen LogP contribution in [0.1, 0.15) is 15.9 Å². The molecule has 2 rings (SSSR count). The number of ketones is 1. The second kappa shape index (κ2) is 6.77. The van der Waals surface area contributed by atoms with Crippen molar-refractivity contribution in [1.29, 1.82) is 0 Å². The van der Waals surface area contributed by atoms with Crippen LogP contribution in [0.5, 0.6) is 5.75 Å². The molecule has 0 heterocycles. The van der Waals surface area contributed by atoms with Gasteiger partial charge in [0, 0.05) is 5.56 Å². The summed E-state index contributed by atoms with van der Waals surface area (Å²) >= 11 is 12.0. The number of hydrogen-bond donors (Lipinski definition) is 1. The highest BCUT2D eigenvalue weighted by molar-refractivity contribution is 6.45. The Balaban J connectivity index is 2.37. The molecule has 22 heavy (non-hydrogen) atoms. The summed E-state index contributed by atoms with van der Waals surface area (Å²) in [7, 11) is 0. The number of benzene rings is 2. The van der Waals surface area contributed by atoms with Crippen LogP contribution < -0.4 is 4.74 Å². The van der Waals surface area contributed by atoms with Crippen LogP contribution in [-0.4, -0.2) is 23.5 Å². The van der Waals surface area contributed by atoms with E-state index in [0.717, 1.165) is 6.07 Å². The van der Waals surface area contributed by atoms with E-state index < -0.39 is 24.2 Å². The molecule has 2 aromatic carbocycles. The van der Waals surface area contributed by atoms with Gasteiger partial charge in [-0.3, -0.25) is 4.79 Å². The Morgan fingerprint density at radius 1 is 1.05 bits per heavy atom. The number of carbonyl (C=O) groups excluding carboxylic acids is 1. The largest absolute Gasteiger partial charge is 0.480 e. The van der Waals surface area contributed by atoms with Crippen molar-refractivity contribution < 1.29 is 23.8 Å². The molecule has 1 N–H and O–H groups in total. The van der Waals surface area contributed by atoms with Crippen molar-refractivity contribution in [1.82, 2.24) is 0 Å². The minimum atomic E-state index is -1.18. The Morgan fingerprint density at radius 2 is 1.73 bits per heavy atom. The Morgan fingerprint density at radius 3 is 2.36 bits per heavy atom. The SMILES string of the molecule is O=C(O)COc1ccc(C(=O)c2ccccc2F)c(Cl)c1Cl. The van der Waals surface area contributed by atoms with Crippen molar-refractivity contribution in [3.8, 4) is 5.75 Å². The molecule has 4 nitrogen and oxygen atoms in total. The molecule has 2 aromatic rings. The van der Waals surface area contributed by atoms with Crippen molar-refractivity contribution in [3.05, 3.63) is 63.4 Å². The zero-order valence-electron chi connectivity index (χ0n) is 11.0. The van der Waals surface area contributed by atoms with Gasteiger partial charge in [0.05, 0.1) is 10.6 Å². The third-order valence-corrected chi connectivity index (χ3v) is 3.63. The molecule has 114 valence electrons. The van der Waals surface area contributed by atoms with Crippen LogP contribution in [0.3, 0.4) is 0 Å². The van der Waals surface area contributed by atoms with Gasteiger partial charge < -0.3 is 9.84 Å². The zero-order chi connectivity index (χ0) is 16.3. The molecule has 0 atom stereocenters. The van der Waals surface area contributed by atoms with Crippen LogP contribution in [0.25, 0.3) is 0 Å². The normalized spacial score (nSPS) is 10.3. The van der Waals surface area contributed by atoms with Gasteiger partial charge in [-0.25, -0.2) is 9.18 Å².